The topological polar surface area (TPSA) is 56.3 Å². The van der Waals surface area contributed by atoms with Gasteiger partial charge in [0.1, 0.15) is 12.1 Å². The molecule has 1 heterocycles. The molecule has 0 saturated carbocycles. The third-order valence-electron chi connectivity index (χ3n) is 3.51. The Morgan fingerprint density at radius 3 is 2.55 bits per heavy atom. The fourth-order valence-electron chi connectivity index (χ4n) is 2.39. The summed E-state index contributed by atoms with van der Waals surface area (Å²) >= 11 is 0. The predicted molar refractivity (Wildman–Crippen MR) is 87.1 cm³/mol. The van der Waals surface area contributed by atoms with Crippen LogP contribution in [0.3, 0.4) is 0 Å². The van der Waals surface area contributed by atoms with Crippen molar-refractivity contribution in [2.75, 3.05) is 19.5 Å². The van der Waals surface area contributed by atoms with Crippen LogP contribution in [-0.2, 0) is 0 Å². The standard InChI is InChI=1S/C17H17N3O2/c1-11-5-4-6-13-16(11)18-10-19-17(13)20-12-7-8-14(21-2)15(9-12)22-3/h4-10H,1-3H3,(H,18,19,20). The Balaban J connectivity index is 2.02. The number of hydrogen-bond acceptors (Lipinski definition) is 5. The van der Waals surface area contributed by atoms with E-state index in [1.54, 1.807) is 20.5 Å². The predicted octanol–water partition coefficient (Wildman–Crippen LogP) is 3.70. The first-order valence-electron chi connectivity index (χ1n) is 6.92. The number of rotatable bonds is 4. The van der Waals surface area contributed by atoms with Gasteiger partial charge in [0.25, 0.3) is 0 Å². The van der Waals surface area contributed by atoms with Crippen molar-refractivity contribution in [3.63, 3.8) is 0 Å². The minimum Gasteiger partial charge on any atom is -0.493 e. The number of aryl methyl sites for hydroxylation is 1. The first-order valence-corrected chi connectivity index (χ1v) is 6.92. The van der Waals surface area contributed by atoms with Gasteiger partial charge in [-0.2, -0.15) is 0 Å². The van der Waals surface area contributed by atoms with E-state index in [1.165, 1.54) is 0 Å². The van der Waals surface area contributed by atoms with Crippen LogP contribution in [0.1, 0.15) is 5.56 Å². The van der Waals surface area contributed by atoms with Crippen molar-refractivity contribution in [3.05, 3.63) is 48.3 Å². The zero-order chi connectivity index (χ0) is 15.5. The van der Waals surface area contributed by atoms with Crippen LogP contribution in [0, 0.1) is 6.92 Å². The van der Waals surface area contributed by atoms with E-state index < -0.39 is 0 Å². The van der Waals surface area contributed by atoms with Crippen molar-refractivity contribution >= 4 is 22.4 Å². The molecule has 0 amide bonds. The van der Waals surface area contributed by atoms with Gasteiger partial charge in [0.15, 0.2) is 11.5 Å². The van der Waals surface area contributed by atoms with E-state index in [0.717, 1.165) is 28.0 Å². The molecule has 22 heavy (non-hydrogen) atoms. The molecular weight excluding hydrogens is 278 g/mol. The molecule has 1 N–H and O–H groups in total. The first kappa shape index (κ1) is 14.1. The van der Waals surface area contributed by atoms with Gasteiger partial charge in [0, 0.05) is 17.1 Å². The van der Waals surface area contributed by atoms with E-state index >= 15 is 0 Å². The van der Waals surface area contributed by atoms with Gasteiger partial charge in [-0.25, -0.2) is 9.97 Å². The molecule has 3 rings (SSSR count). The maximum Gasteiger partial charge on any atom is 0.162 e. The Labute approximate surface area is 128 Å². The van der Waals surface area contributed by atoms with Crippen LogP contribution in [0.2, 0.25) is 0 Å². The number of ether oxygens (including phenoxy) is 2. The van der Waals surface area contributed by atoms with Crippen LogP contribution < -0.4 is 14.8 Å². The number of fused-ring (bicyclic) bond motifs is 1. The second-order valence-electron chi connectivity index (χ2n) is 4.89. The van der Waals surface area contributed by atoms with Crippen molar-refractivity contribution < 1.29 is 9.47 Å². The minimum atomic E-state index is 0.669. The van der Waals surface area contributed by atoms with E-state index in [0.29, 0.717) is 11.5 Å². The highest BCUT2D eigenvalue weighted by Crippen LogP contribution is 2.32. The Kier molecular flexibility index (Phi) is 3.78. The fraction of sp³-hybridized carbons (Fsp3) is 0.176. The molecule has 5 heteroatoms. The van der Waals surface area contributed by atoms with Gasteiger partial charge in [-0.15, -0.1) is 0 Å². The van der Waals surface area contributed by atoms with Crippen LogP contribution in [0.4, 0.5) is 11.5 Å². The lowest BCUT2D eigenvalue weighted by Crippen LogP contribution is -1.98. The molecule has 0 spiro atoms. The second-order valence-corrected chi connectivity index (χ2v) is 4.89. The number of aromatic nitrogens is 2. The Hall–Kier alpha value is -2.82. The van der Waals surface area contributed by atoms with Crippen molar-refractivity contribution in [1.82, 2.24) is 9.97 Å². The molecule has 0 bridgehead atoms. The van der Waals surface area contributed by atoms with Crippen LogP contribution >= 0.6 is 0 Å². The van der Waals surface area contributed by atoms with Gasteiger partial charge >= 0.3 is 0 Å². The molecule has 112 valence electrons. The number of benzene rings is 2. The number of hydrogen-bond donors (Lipinski definition) is 1. The first-order chi connectivity index (χ1) is 10.7. The lowest BCUT2D eigenvalue weighted by atomic mass is 10.1. The third-order valence-corrected chi connectivity index (χ3v) is 3.51. The molecule has 0 saturated heterocycles. The SMILES string of the molecule is COc1ccc(Nc2ncnc3c(C)cccc23)cc1OC. The highest BCUT2D eigenvalue weighted by atomic mass is 16.5. The average Bonchev–Trinajstić information content (AvgIpc) is 2.55. The van der Waals surface area contributed by atoms with Crippen molar-refractivity contribution in [2.24, 2.45) is 0 Å². The van der Waals surface area contributed by atoms with E-state index in [9.17, 15) is 0 Å². The molecule has 0 unspecified atom stereocenters. The molecule has 0 aliphatic carbocycles. The van der Waals surface area contributed by atoms with Gasteiger partial charge in [0.2, 0.25) is 0 Å². The lowest BCUT2D eigenvalue weighted by molar-refractivity contribution is 0.355. The molecular formula is C17H17N3O2. The van der Waals surface area contributed by atoms with Crippen molar-refractivity contribution in [3.8, 4) is 11.5 Å². The number of nitrogens with zero attached hydrogens (tertiary/aromatic N) is 2. The summed E-state index contributed by atoms with van der Waals surface area (Å²) < 4.78 is 10.6. The molecule has 0 aliphatic heterocycles. The summed E-state index contributed by atoms with van der Waals surface area (Å²) in [5.74, 6) is 2.12. The summed E-state index contributed by atoms with van der Waals surface area (Å²) in [6.45, 7) is 2.04. The van der Waals surface area contributed by atoms with Gasteiger partial charge in [0.05, 0.1) is 19.7 Å². The third kappa shape index (κ3) is 2.53. The maximum atomic E-state index is 5.32. The zero-order valence-electron chi connectivity index (χ0n) is 12.8. The quantitative estimate of drug-likeness (QED) is 0.795. The number of para-hydroxylation sites is 1. The van der Waals surface area contributed by atoms with Crippen molar-refractivity contribution in [2.45, 2.75) is 6.92 Å². The molecule has 1 aromatic heterocycles. The van der Waals surface area contributed by atoms with Crippen LogP contribution in [-0.4, -0.2) is 24.2 Å². The summed E-state index contributed by atoms with van der Waals surface area (Å²) in [6, 6.07) is 11.7. The highest BCUT2D eigenvalue weighted by molar-refractivity contribution is 5.92. The van der Waals surface area contributed by atoms with Crippen LogP contribution in [0.5, 0.6) is 11.5 Å². The molecule has 5 nitrogen and oxygen atoms in total. The number of nitrogens with one attached hydrogen (secondary N) is 1. The summed E-state index contributed by atoms with van der Waals surface area (Å²) in [4.78, 5) is 8.70. The molecule has 0 aliphatic rings. The monoisotopic (exact) mass is 295 g/mol. The number of anilines is 2. The van der Waals surface area contributed by atoms with Gasteiger partial charge in [-0.1, -0.05) is 12.1 Å². The Bertz CT molecular complexity index is 818. The largest absolute Gasteiger partial charge is 0.493 e. The summed E-state index contributed by atoms with van der Waals surface area (Å²) in [7, 11) is 3.23. The van der Waals surface area contributed by atoms with Gasteiger partial charge < -0.3 is 14.8 Å². The van der Waals surface area contributed by atoms with E-state index in [4.69, 9.17) is 9.47 Å². The molecule has 0 radical (unpaired) electrons. The van der Waals surface area contributed by atoms with Crippen LogP contribution in [0.15, 0.2) is 42.7 Å². The van der Waals surface area contributed by atoms with Gasteiger partial charge in [-0.3, -0.25) is 0 Å². The van der Waals surface area contributed by atoms with Crippen molar-refractivity contribution in [1.29, 1.82) is 0 Å². The maximum absolute atomic E-state index is 5.32. The van der Waals surface area contributed by atoms with E-state index in [-0.39, 0.29) is 0 Å². The highest BCUT2D eigenvalue weighted by Gasteiger charge is 2.08. The Morgan fingerprint density at radius 1 is 0.955 bits per heavy atom. The minimum absolute atomic E-state index is 0.669. The van der Waals surface area contributed by atoms with E-state index in [1.807, 2.05) is 43.3 Å². The summed E-state index contributed by atoms with van der Waals surface area (Å²) in [6.07, 6.45) is 1.57. The van der Waals surface area contributed by atoms with Gasteiger partial charge in [-0.05, 0) is 30.7 Å². The summed E-state index contributed by atoms with van der Waals surface area (Å²) in [5.41, 5.74) is 2.94. The second kappa shape index (κ2) is 5.89. The lowest BCUT2D eigenvalue weighted by Gasteiger charge is -2.12. The smallest absolute Gasteiger partial charge is 0.162 e. The zero-order valence-corrected chi connectivity index (χ0v) is 12.8. The molecule has 0 atom stereocenters. The molecule has 3 aromatic rings. The average molecular weight is 295 g/mol. The Morgan fingerprint density at radius 2 is 1.77 bits per heavy atom. The summed E-state index contributed by atoms with van der Waals surface area (Å²) in [5, 5.41) is 4.30. The van der Waals surface area contributed by atoms with Crippen LogP contribution in [0.25, 0.3) is 10.9 Å². The fourth-order valence-corrected chi connectivity index (χ4v) is 2.39. The molecule has 2 aromatic carbocycles. The number of methoxy groups -OCH3 is 2. The normalized spacial score (nSPS) is 10.5. The molecule has 0 fully saturated rings. The van der Waals surface area contributed by atoms with E-state index in [2.05, 4.69) is 15.3 Å².